The highest BCUT2D eigenvalue weighted by atomic mass is 32.1. The van der Waals surface area contributed by atoms with E-state index < -0.39 is 0 Å². The molecule has 0 spiro atoms. The molecule has 0 saturated heterocycles. The maximum atomic E-state index is 2.57. The Hall–Kier alpha value is -9.00. The van der Waals surface area contributed by atoms with Crippen molar-refractivity contribution in [2.24, 2.45) is 0 Å². The van der Waals surface area contributed by atoms with E-state index >= 15 is 0 Å². The lowest BCUT2D eigenvalue weighted by molar-refractivity contribution is 0.590. The van der Waals surface area contributed by atoms with Crippen LogP contribution in [0.3, 0.4) is 0 Å². The minimum Gasteiger partial charge on any atom is -0.143 e. The van der Waals surface area contributed by atoms with Gasteiger partial charge in [-0.15, -0.1) is 45.3 Å². The molecule has 12 aromatic carbocycles. The molecule has 0 N–H and O–H groups in total. The minimum absolute atomic E-state index is 0.0338. The third-order valence-corrected chi connectivity index (χ3v) is 28.0. The minimum atomic E-state index is -0.0482. The first kappa shape index (κ1) is 77.0. The van der Waals surface area contributed by atoms with Crippen molar-refractivity contribution in [1.82, 2.24) is 0 Å². The van der Waals surface area contributed by atoms with Crippen LogP contribution >= 0.6 is 45.3 Å². The van der Waals surface area contributed by atoms with Crippen LogP contribution in [0.15, 0.2) is 228 Å². The molecule has 566 valence electrons. The fraction of sp³-hybridized carbons (Fsp3) is 0.296. The molecule has 16 rings (SSSR count). The number of benzene rings is 12. The van der Waals surface area contributed by atoms with Crippen LogP contribution in [-0.4, -0.2) is 0 Å². The van der Waals surface area contributed by atoms with E-state index in [0.29, 0.717) is 0 Å². The van der Waals surface area contributed by atoms with Gasteiger partial charge in [-0.05, 0) is 210 Å². The normalized spacial score (nSPS) is 13.2. The molecule has 4 heteroatoms. The Labute approximate surface area is 683 Å². The molecule has 4 heterocycles. The van der Waals surface area contributed by atoms with E-state index in [1.165, 1.54) is 207 Å². The van der Waals surface area contributed by atoms with E-state index in [0.717, 1.165) is 0 Å². The monoisotopic (exact) mass is 1530 g/mol. The molecule has 0 radical (unpaired) electrons. The summed E-state index contributed by atoms with van der Waals surface area (Å²) in [6, 6.07) is 82.6. The van der Waals surface area contributed by atoms with Crippen molar-refractivity contribution in [2.75, 3.05) is 0 Å². The van der Waals surface area contributed by atoms with Gasteiger partial charge in [-0.3, -0.25) is 0 Å². The molecule has 16 aromatic rings. The van der Waals surface area contributed by atoms with Gasteiger partial charge in [-0.25, -0.2) is 0 Å². The van der Waals surface area contributed by atoms with Gasteiger partial charge in [0.2, 0.25) is 0 Å². The van der Waals surface area contributed by atoms with Crippen molar-refractivity contribution in [2.45, 2.75) is 209 Å². The molecule has 0 fully saturated rings. The molecule has 112 heavy (non-hydrogen) atoms. The summed E-state index contributed by atoms with van der Waals surface area (Å²) in [4.78, 5) is 2.63. The predicted molar refractivity (Wildman–Crippen MR) is 502 cm³/mol. The molecule has 0 aliphatic rings. The van der Waals surface area contributed by atoms with Gasteiger partial charge in [0.15, 0.2) is 0 Å². The Balaban J connectivity index is 1.10. The van der Waals surface area contributed by atoms with E-state index in [1.54, 1.807) is 0 Å². The van der Waals surface area contributed by atoms with Gasteiger partial charge in [0.25, 0.3) is 0 Å². The average molecular weight is 1540 g/mol. The van der Waals surface area contributed by atoms with E-state index in [1.807, 2.05) is 45.3 Å². The molecule has 0 amide bonds. The van der Waals surface area contributed by atoms with Gasteiger partial charge in [-0.1, -0.05) is 360 Å². The van der Waals surface area contributed by atoms with Crippen LogP contribution in [-0.2, 0) is 43.3 Å². The fourth-order valence-corrected chi connectivity index (χ4v) is 21.5. The maximum Gasteiger partial charge on any atom is 0.0534 e. The van der Waals surface area contributed by atoms with Crippen LogP contribution in [0.25, 0.3) is 162 Å². The van der Waals surface area contributed by atoms with Crippen LogP contribution in [0.1, 0.15) is 211 Å². The number of rotatable bonds is 9. The number of hydrogen-bond acceptors (Lipinski definition) is 4. The average Bonchev–Trinajstić information content (AvgIpc) is 1.41. The van der Waals surface area contributed by atoms with Crippen molar-refractivity contribution < 1.29 is 0 Å². The Bertz CT molecular complexity index is 5900. The third-order valence-electron chi connectivity index (χ3n) is 24.0. The van der Waals surface area contributed by atoms with E-state index in [9.17, 15) is 0 Å². The van der Waals surface area contributed by atoms with Crippen LogP contribution in [0.4, 0.5) is 0 Å². The largest absolute Gasteiger partial charge is 0.143 e. The zero-order chi connectivity index (χ0) is 79.6. The quantitative estimate of drug-likeness (QED) is 0.135. The van der Waals surface area contributed by atoms with Crippen LogP contribution in [0, 0.1) is 0 Å². The standard InChI is InChI=1S/C108H110S4/c1-101(2,3)71-41-25-63(26-42-71)83-85(65-29-45-73(46-30-65)103(7,8)9)89(69-37-53-77(54-38-69)107(19,20)21)95-93(87(83)67-33-49-75(50-34-67)105(13,14)15)81-61-111-99(91(81)79-57-59-109-97(79)95)100-92-80-58-60-110-98(80)96-90(70-39-55-78(56-40-70)108(22,23)24)86(66-31-47-74(48-32-66)104(10,11)12)84(64-27-43-72(44-28-64)102(4,5)6)88(94(96)82(92)62-112-100)68-35-51-76(52-36-68)106(16,17)18/h25-62H,1-24H3. The first-order chi connectivity index (χ1) is 52.6. The maximum absolute atomic E-state index is 2.57. The highest BCUT2D eigenvalue weighted by molar-refractivity contribution is 7.24. The zero-order valence-corrected chi connectivity index (χ0v) is 73.8. The second-order valence-electron chi connectivity index (χ2n) is 40.2. The smallest absolute Gasteiger partial charge is 0.0534 e. The molecule has 0 unspecified atom stereocenters. The molecule has 4 aromatic heterocycles. The van der Waals surface area contributed by atoms with Gasteiger partial charge in [-0.2, -0.15) is 0 Å². The van der Waals surface area contributed by atoms with Crippen LogP contribution < -0.4 is 0 Å². The lowest BCUT2D eigenvalue weighted by Gasteiger charge is -2.27. The number of fused-ring (bicyclic) bond motifs is 12. The van der Waals surface area contributed by atoms with Crippen molar-refractivity contribution in [3.63, 3.8) is 0 Å². The molecule has 0 nitrogen and oxygen atoms in total. The zero-order valence-electron chi connectivity index (χ0n) is 70.6. The summed E-state index contributed by atoms with van der Waals surface area (Å²) in [5, 5.41) is 23.0. The van der Waals surface area contributed by atoms with Gasteiger partial charge in [0, 0.05) is 63.3 Å². The summed E-state index contributed by atoms with van der Waals surface area (Å²) in [7, 11) is 0. The van der Waals surface area contributed by atoms with Gasteiger partial charge >= 0.3 is 0 Å². The van der Waals surface area contributed by atoms with E-state index in [-0.39, 0.29) is 43.3 Å². The van der Waals surface area contributed by atoms with Gasteiger partial charge in [0.05, 0.1) is 9.75 Å². The molecule has 0 aliphatic heterocycles. The van der Waals surface area contributed by atoms with Crippen LogP contribution in [0.2, 0.25) is 0 Å². The van der Waals surface area contributed by atoms with Crippen LogP contribution in [0.5, 0.6) is 0 Å². The highest BCUT2D eigenvalue weighted by Gasteiger charge is 2.35. The summed E-state index contributed by atoms with van der Waals surface area (Å²) in [5.41, 5.74) is 30.1. The van der Waals surface area contributed by atoms with Crippen molar-refractivity contribution in [3.05, 3.63) is 272 Å². The summed E-state index contributed by atoms with van der Waals surface area (Å²) >= 11 is 7.70. The second kappa shape index (κ2) is 27.4. The van der Waals surface area contributed by atoms with Crippen molar-refractivity contribution in [3.8, 4) is 98.8 Å². The third kappa shape index (κ3) is 13.6. The Kier molecular flexibility index (Phi) is 18.8. The summed E-state index contributed by atoms with van der Waals surface area (Å²) in [5.74, 6) is 0. The summed E-state index contributed by atoms with van der Waals surface area (Å²) in [6.07, 6.45) is 0. The van der Waals surface area contributed by atoms with Gasteiger partial charge < -0.3 is 0 Å². The Morgan fingerprint density at radius 1 is 0.161 bits per heavy atom. The second-order valence-corrected chi connectivity index (χ2v) is 43.7. The first-order valence-electron chi connectivity index (χ1n) is 40.4. The topological polar surface area (TPSA) is 0 Å². The van der Waals surface area contributed by atoms with E-state index in [2.05, 4.69) is 394 Å². The molecule has 0 saturated carbocycles. The lowest BCUT2D eigenvalue weighted by atomic mass is 9.76. The number of thiophene rings is 4. The summed E-state index contributed by atoms with van der Waals surface area (Å²) < 4.78 is 2.62. The SMILES string of the molecule is CC(C)(C)c1ccc(-c2c(-c3ccc(C(C)(C)C)cc3)c(-c3ccc(C(C)(C)C)cc3)c3c4sccc4c4c(-c5scc6c5c5ccsc5c5c(-c7ccc(C(C)(C)C)cc7)c(-c7ccc(C(C)(C)C)cc7)c(-c7ccc(C(C)(C)C)cc7)c(-c7ccc(C(C)(C)C)cc7)c65)scc4c3c2-c2ccc(C(C)(C)C)cc2)cc1. The number of hydrogen-bond donors (Lipinski definition) is 0. The van der Waals surface area contributed by atoms with Crippen molar-refractivity contribution >= 4 is 109 Å². The molecule has 0 aliphatic carbocycles. The first-order valence-corrected chi connectivity index (χ1v) is 43.9. The lowest BCUT2D eigenvalue weighted by Crippen LogP contribution is -2.11. The fourth-order valence-electron chi connectivity index (χ4n) is 17.2. The van der Waals surface area contributed by atoms with Crippen molar-refractivity contribution in [1.29, 1.82) is 0 Å². The molecular formula is C108H110S4. The highest BCUT2D eigenvalue weighted by Crippen LogP contribution is 2.62. The Morgan fingerprint density at radius 3 is 0.509 bits per heavy atom. The molecule has 0 bridgehead atoms. The predicted octanol–water partition coefficient (Wildman–Crippen LogP) is 34.2. The Morgan fingerprint density at radius 2 is 0.330 bits per heavy atom. The van der Waals surface area contributed by atoms with Gasteiger partial charge in [0.1, 0.15) is 0 Å². The molecule has 0 atom stereocenters. The van der Waals surface area contributed by atoms with E-state index in [4.69, 9.17) is 0 Å². The summed E-state index contributed by atoms with van der Waals surface area (Å²) in [6.45, 7) is 56.1. The molecular weight excluding hydrogens is 1430 g/mol.